The normalized spacial score (nSPS) is 15.3. The molecule has 0 amide bonds. The Morgan fingerprint density at radius 3 is 2.67 bits per heavy atom. The zero-order chi connectivity index (χ0) is 27.4. The summed E-state index contributed by atoms with van der Waals surface area (Å²) < 4.78 is 27.0. The van der Waals surface area contributed by atoms with Gasteiger partial charge in [0.25, 0.3) is 0 Å². The second kappa shape index (κ2) is 11.4. The molecule has 1 aromatic carbocycles. The van der Waals surface area contributed by atoms with Crippen LogP contribution in [0.15, 0.2) is 78.3 Å². The molecule has 10 heteroatoms. The molecule has 0 radical (unpaired) electrons. The molecular formula is C30H32FN7O2. The topological polar surface area (TPSA) is 93.6 Å². The van der Waals surface area contributed by atoms with Crippen LogP contribution < -0.4 is 10.1 Å². The summed E-state index contributed by atoms with van der Waals surface area (Å²) in [5, 5.41) is 3.37. The number of imidazole rings is 1. The minimum atomic E-state index is -1.01. The molecule has 0 atom stereocenters. The van der Waals surface area contributed by atoms with Crippen molar-refractivity contribution in [1.29, 1.82) is 0 Å². The van der Waals surface area contributed by atoms with E-state index in [9.17, 15) is 4.39 Å². The summed E-state index contributed by atoms with van der Waals surface area (Å²) in [7, 11) is 0. The molecule has 1 fully saturated rings. The van der Waals surface area contributed by atoms with Crippen molar-refractivity contribution in [2.45, 2.75) is 38.4 Å². The van der Waals surface area contributed by atoms with Crippen LogP contribution in [0.25, 0.3) is 28.3 Å². The van der Waals surface area contributed by atoms with E-state index in [1.54, 1.807) is 19.5 Å². The number of oxazole rings is 1. The number of hydrogen-bond acceptors (Lipinski definition) is 8. The molecule has 6 rings (SSSR count). The van der Waals surface area contributed by atoms with E-state index in [1.165, 1.54) is 6.39 Å². The van der Waals surface area contributed by atoms with Crippen molar-refractivity contribution in [3.63, 3.8) is 0 Å². The summed E-state index contributed by atoms with van der Waals surface area (Å²) in [5.41, 5.74) is 4.35. The number of nitrogens with zero attached hydrogens (tertiary/aromatic N) is 6. The zero-order valence-corrected chi connectivity index (χ0v) is 22.5. The maximum atomic E-state index is 14.0. The summed E-state index contributed by atoms with van der Waals surface area (Å²) in [4.78, 5) is 19.9. The van der Waals surface area contributed by atoms with Gasteiger partial charge >= 0.3 is 0 Å². The van der Waals surface area contributed by atoms with Gasteiger partial charge in [-0.25, -0.2) is 24.3 Å². The molecule has 0 aliphatic carbocycles. The monoisotopic (exact) mass is 541 g/mol. The SMILES string of the molecule is CC1(F)CCN(CCCOc2ccn3c(-c4cc(NCc5ccc(-c6cocn6)cc5)ncn4)cnc3c2)CC1. The third kappa shape index (κ3) is 6.12. The van der Waals surface area contributed by atoms with Gasteiger partial charge in [-0.2, -0.15) is 0 Å². The van der Waals surface area contributed by atoms with Gasteiger partial charge in [-0.05, 0) is 37.8 Å². The van der Waals surface area contributed by atoms with Gasteiger partial charge in [0.05, 0.1) is 24.2 Å². The number of piperidine rings is 1. The lowest BCUT2D eigenvalue weighted by atomic mass is 9.96. The van der Waals surface area contributed by atoms with E-state index in [4.69, 9.17) is 9.15 Å². The lowest BCUT2D eigenvalue weighted by molar-refractivity contribution is 0.0715. The standard InChI is InChI=1S/C30H32FN7O2/c1-30(31)8-12-37(13-9-30)10-2-14-40-24-7-11-38-27(18-33-29(38)15-24)25-16-28(35-20-34-25)32-17-22-3-5-23(6-4-22)26-19-39-21-36-26/h3-7,11,15-16,18-21H,2,8-10,12-14,17H2,1H3,(H,32,34,35). The molecule has 0 spiro atoms. The number of pyridine rings is 1. The lowest BCUT2D eigenvalue weighted by Crippen LogP contribution is -2.40. The molecule has 206 valence electrons. The maximum Gasteiger partial charge on any atom is 0.181 e. The van der Waals surface area contributed by atoms with Crippen molar-refractivity contribution in [2.24, 2.45) is 0 Å². The van der Waals surface area contributed by atoms with Crippen LogP contribution in [0, 0.1) is 0 Å². The Labute approximate surface area is 232 Å². The van der Waals surface area contributed by atoms with Crippen LogP contribution in [-0.4, -0.2) is 61.1 Å². The zero-order valence-electron chi connectivity index (χ0n) is 22.5. The van der Waals surface area contributed by atoms with Crippen molar-refractivity contribution in [3.05, 3.63) is 79.4 Å². The van der Waals surface area contributed by atoms with E-state index in [-0.39, 0.29) is 0 Å². The Morgan fingerprint density at radius 2 is 1.88 bits per heavy atom. The minimum Gasteiger partial charge on any atom is -0.493 e. The number of benzene rings is 1. The van der Waals surface area contributed by atoms with Crippen molar-refractivity contribution in [2.75, 3.05) is 31.6 Å². The van der Waals surface area contributed by atoms with Crippen molar-refractivity contribution in [1.82, 2.24) is 29.2 Å². The first kappa shape index (κ1) is 25.9. The second-order valence-electron chi connectivity index (χ2n) is 10.4. The summed E-state index contributed by atoms with van der Waals surface area (Å²) in [6.45, 7) is 5.48. The maximum absolute atomic E-state index is 14.0. The number of ether oxygens (including phenoxy) is 1. The third-order valence-electron chi connectivity index (χ3n) is 7.36. The Kier molecular flexibility index (Phi) is 7.41. The highest BCUT2D eigenvalue weighted by atomic mass is 19.1. The van der Waals surface area contributed by atoms with Gasteiger partial charge in [-0.3, -0.25) is 4.40 Å². The number of halogens is 1. The molecule has 1 saturated heterocycles. The average molecular weight is 542 g/mol. The van der Waals surface area contributed by atoms with Gasteiger partial charge in [0.15, 0.2) is 6.39 Å². The summed E-state index contributed by atoms with van der Waals surface area (Å²) in [6.07, 6.45) is 10.5. The highest BCUT2D eigenvalue weighted by Crippen LogP contribution is 2.26. The quantitative estimate of drug-likeness (QED) is 0.227. The van der Waals surface area contributed by atoms with Gasteiger partial charge < -0.3 is 19.4 Å². The molecule has 0 unspecified atom stereocenters. The predicted octanol–water partition coefficient (Wildman–Crippen LogP) is 5.65. The smallest absolute Gasteiger partial charge is 0.181 e. The van der Waals surface area contributed by atoms with Crippen LogP contribution in [0.2, 0.25) is 0 Å². The number of fused-ring (bicyclic) bond motifs is 1. The van der Waals surface area contributed by atoms with Crippen molar-refractivity contribution < 1.29 is 13.5 Å². The van der Waals surface area contributed by atoms with Crippen LogP contribution in [-0.2, 0) is 6.54 Å². The highest BCUT2D eigenvalue weighted by molar-refractivity contribution is 5.63. The Bertz CT molecular complexity index is 1540. The van der Waals surface area contributed by atoms with Gasteiger partial charge in [-0.15, -0.1) is 0 Å². The Balaban J connectivity index is 1.04. The van der Waals surface area contributed by atoms with Crippen LogP contribution in [0.3, 0.4) is 0 Å². The van der Waals surface area contributed by atoms with Gasteiger partial charge in [0.2, 0.25) is 0 Å². The molecule has 5 aromatic rings. The number of nitrogens with one attached hydrogen (secondary N) is 1. The first-order valence-corrected chi connectivity index (χ1v) is 13.6. The molecule has 5 heterocycles. The van der Waals surface area contributed by atoms with Crippen LogP contribution in [0.4, 0.5) is 10.2 Å². The molecule has 0 bridgehead atoms. The fourth-order valence-electron chi connectivity index (χ4n) is 4.90. The predicted molar refractivity (Wildman–Crippen MR) is 151 cm³/mol. The van der Waals surface area contributed by atoms with Crippen molar-refractivity contribution in [3.8, 4) is 28.4 Å². The summed E-state index contributed by atoms with van der Waals surface area (Å²) in [5.74, 6) is 1.50. The molecule has 40 heavy (non-hydrogen) atoms. The highest BCUT2D eigenvalue weighted by Gasteiger charge is 2.28. The number of alkyl halides is 1. The van der Waals surface area contributed by atoms with E-state index < -0.39 is 5.67 Å². The number of likely N-dealkylation sites (tertiary alicyclic amines) is 1. The van der Waals surface area contributed by atoms with Gasteiger partial charge in [0, 0.05) is 50.1 Å². The molecule has 9 nitrogen and oxygen atoms in total. The van der Waals surface area contributed by atoms with Crippen LogP contribution in [0.5, 0.6) is 5.75 Å². The molecular weight excluding hydrogens is 509 g/mol. The van der Waals surface area contributed by atoms with Gasteiger partial charge in [-0.1, -0.05) is 24.3 Å². The summed E-state index contributed by atoms with van der Waals surface area (Å²) >= 11 is 0. The lowest BCUT2D eigenvalue weighted by Gasteiger charge is -2.34. The van der Waals surface area contributed by atoms with Crippen LogP contribution >= 0.6 is 0 Å². The molecule has 1 N–H and O–H groups in total. The second-order valence-corrected chi connectivity index (χ2v) is 10.4. The summed E-state index contributed by atoms with van der Waals surface area (Å²) in [6, 6.07) is 13.9. The fourth-order valence-corrected chi connectivity index (χ4v) is 4.90. The third-order valence-corrected chi connectivity index (χ3v) is 7.36. The largest absolute Gasteiger partial charge is 0.493 e. The average Bonchev–Trinajstić information content (AvgIpc) is 3.66. The number of anilines is 1. The van der Waals surface area contributed by atoms with E-state index >= 15 is 0 Å². The van der Waals surface area contributed by atoms with Crippen LogP contribution in [0.1, 0.15) is 31.7 Å². The van der Waals surface area contributed by atoms with Crippen molar-refractivity contribution >= 4 is 11.5 Å². The van der Waals surface area contributed by atoms with E-state index in [0.717, 1.165) is 71.5 Å². The molecule has 4 aromatic heterocycles. The first-order chi connectivity index (χ1) is 19.5. The van der Waals surface area contributed by atoms with E-state index in [1.807, 2.05) is 47.1 Å². The molecule has 0 saturated carbocycles. The molecule has 1 aliphatic heterocycles. The fraction of sp³-hybridized carbons (Fsp3) is 0.333. The first-order valence-electron chi connectivity index (χ1n) is 13.6. The minimum absolute atomic E-state index is 0.607. The van der Waals surface area contributed by atoms with E-state index in [0.29, 0.717) is 26.0 Å². The van der Waals surface area contributed by atoms with E-state index in [2.05, 4.69) is 42.3 Å². The number of aromatic nitrogens is 5. The number of rotatable bonds is 10. The van der Waals surface area contributed by atoms with Gasteiger partial charge in [0.1, 0.15) is 41.2 Å². The Morgan fingerprint density at radius 1 is 1.02 bits per heavy atom. The number of hydrogen-bond donors (Lipinski definition) is 1. The molecule has 1 aliphatic rings. The Hall–Kier alpha value is -4.31.